The zero-order chi connectivity index (χ0) is 16.1. The molecule has 0 saturated carbocycles. The van der Waals surface area contributed by atoms with Gasteiger partial charge in [-0.25, -0.2) is 0 Å². The molecule has 0 radical (unpaired) electrons. The highest BCUT2D eigenvalue weighted by Gasteiger charge is 2.06. The minimum Gasteiger partial charge on any atom is -0.330 e. The van der Waals surface area contributed by atoms with Gasteiger partial charge in [-0.15, -0.1) is 10.2 Å². The first kappa shape index (κ1) is 15.5. The van der Waals surface area contributed by atoms with Crippen molar-refractivity contribution in [3.63, 3.8) is 0 Å². The van der Waals surface area contributed by atoms with E-state index in [9.17, 15) is 0 Å². The zero-order valence-electron chi connectivity index (χ0n) is 12.5. The highest BCUT2D eigenvalue weighted by molar-refractivity contribution is 8.00. The first-order valence-electron chi connectivity index (χ1n) is 7.02. The molecule has 0 aliphatic rings. The number of nitrogens with zero attached hydrogens (tertiary/aromatic N) is 3. The van der Waals surface area contributed by atoms with Gasteiger partial charge in [-0.3, -0.25) is 0 Å². The SMILES string of the molecule is Cc1ccccc1Nc1nnc(SCc2ccc(C#N)cc2)s1. The lowest BCUT2D eigenvalue weighted by molar-refractivity contribution is 1.01. The molecule has 3 rings (SSSR count). The fraction of sp³-hybridized carbons (Fsp3) is 0.118. The van der Waals surface area contributed by atoms with Crippen LogP contribution in [0.2, 0.25) is 0 Å². The Morgan fingerprint density at radius 1 is 1.13 bits per heavy atom. The van der Waals surface area contributed by atoms with Gasteiger partial charge in [0.15, 0.2) is 4.34 Å². The standard InChI is InChI=1S/C17H14N4S2/c1-12-4-2-3-5-15(12)19-16-20-21-17(23-16)22-11-14-8-6-13(10-18)7-9-14/h2-9H,11H2,1H3,(H,19,20). The minimum atomic E-state index is 0.680. The molecule has 1 heterocycles. The van der Waals surface area contributed by atoms with Crippen molar-refractivity contribution in [3.05, 3.63) is 65.2 Å². The Kier molecular flexibility index (Phi) is 4.91. The summed E-state index contributed by atoms with van der Waals surface area (Å²) < 4.78 is 0.922. The molecular weight excluding hydrogens is 324 g/mol. The lowest BCUT2D eigenvalue weighted by atomic mass is 10.2. The summed E-state index contributed by atoms with van der Waals surface area (Å²) in [6.45, 7) is 2.06. The van der Waals surface area contributed by atoms with Crippen molar-refractivity contribution in [2.45, 2.75) is 17.0 Å². The van der Waals surface area contributed by atoms with Crippen LogP contribution in [0, 0.1) is 18.3 Å². The third-order valence-corrected chi connectivity index (χ3v) is 5.28. The van der Waals surface area contributed by atoms with E-state index in [1.807, 2.05) is 42.5 Å². The van der Waals surface area contributed by atoms with Crippen LogP contribution in [0.5, 0.6) is 0 Å². The summed E-state index contributed by atoms with van der Waals surface area (Å²) in [6, 6.07) is 17.8. The highest BCUT2D eigenvalue weighted by Crippen LogP contribution is 2.30. The second-order valence-corrected chi connectivity index (χ2v) is 7.11. The first-order chi connectivity index (χ1) is 11.2. The molecule has 0 aliphatic carbocycles. The van der Waals surface area contributed by atoms with Crippen LogP contribution in [0.1, 0.15) is 16.7 Å². The molecule has 0 bridgehead atoms. The van der Waals surface area contributed by atoms with Gasteiger partial charge < -0.3 is 5.32 Å². The number of anilines is 2. The average molecular weight is 338 g/mol. The molecule has 0 saturated heterocycles. The molecule has 3 aromatic rings. The number of hydrogen-bond donors (Lipinski definition) is 1. The van der Waals surface area contributed by atoms with E-state index in [0.29, 0.717) is 5.56 Å². The Bertz CT molecular complexity index is 834. The maximum absolute atomic E-state index is 8.80. The molecule has 0 atom stereocenters. The summed E-state index contributed by atoms with van der Waals surface area (Å²) in [4.78, 5) is 0. The number of hydrogen-bond acceptors (Lipinski definition) is 6. The molecule has 0 aliphatic heterocycles. The smallest absolute Gasteiger partial charge is 0.210 e. The predicted octanol–water partition coefficient (Wildman–Crippen LogP) is 4.75. The maximum Gasteiger partial charge on any atom is 0.210 e. The number of benzene rings is 2. The summed E-state index contributed by atoms with van der Waals surface area (Å²) in [5.41, 5.74) is 4.07. The third-order valence-electron chi connectivity index (χ3n) is 3.24. The van der Waals surface area contributed by atoms with Gasteiger partial charge in [-0.2, -0.15) is 5.26 Å². The second-order valence-electron chi connectivity index (χ2n) is 4.91. The van der Waals surface area contributed by atoms with Gasteiger partial charge in [-0.05, 0) is 36.2 Å². The molecule has 114 valence electrons. The number of para-hydroxylation sites is 1. The van der Waals surface area contributed by atoms with E-state index >= 15 is 0 Å². The van der Waals surface area contributed by atoms with E-state index in [4.69, 9.17) is 5.26 Å². The third kappa shape index (κ3) is 4.09. The van der Waals surface area contributed by atoms with Crippen molar-refractivity contribution in [1.29, 1.82) is 5.26 Å². The van der Waals surface area contributed by atoms with E-state index in [1.165, 1.54) is 5.56 Å². The monoisotopic (exact) mass is 338 g/mol. The van der Waals surface area contributed by atoms with Crippen LogP contribution in [-0.4, -0.2) is 10.2 Å². The van der Waals surface area contributed by atoms with Crippen molar-refractivity contribution in [2.24, 2.45) is 0 Å². The number of rotatable bonds is 5. The second kappa shape index (κ2) is 7.27. The lowest BCUT2D eigenvalue weighted by Gasteiger charge is -2.04. The van der Waals surface area contributed by atoms with Crippen LogP contribution in [0.3, 0.4) is 0 Å². The molecule has 4 nitrogen and oxygen atoms in total. The molecule has 1 aromatic heterocycles. The highest BCUT2D eigenvalue weighted by atomic mass is 32.2. The normalized spacial score (nSPS) is 10.3. The maximum atomic E-state index is 8.80. The van der Waals surface area contributed by atoms with E-state index in [-0.39, 0.29) is 0 Å². The number of nitriles is 1. The summed E-state index contributed by atoms with van der Waals surface area (Å²) in [6.07, 6.45) is 0. The van der Waals surface area contributed by atoms with E-state index in [0.717, 1.165) is 26.5 Å². The summed E-state index contributed by atoms with van der Waals surface area (Å²) in [5, 5.41) is 21.3. The van der Waals surface area contributed by atoms with Crippen molar-refractivity contribution in [1.82, 2.24) is 10.2 Å². The minimum absolute atomic E-state index is 0.680. The van der Waals surface area contributed by atoms with Crippen molar-refractivity contribution < 1.29 is 0 Å². The fourth-order valence-electron chi connectivity index (χ4n) is 1.97. The van der Waals surface area contributed by atoms with Crippen LogP contribution >= 0.6 is 23.1 Å². The van der Waals surface area contributed by atoms with Crippen molar-refractivity contribution >= 4 is 33.9 Å². The summed E-state index contributed by atoms with van der Waals surface area (Å²) in [7, 11) is 0. The van der Waals surface area contributed by atoms with Gasteiger partial charge in [-0.1, -0.05) is 53.4 Å². The molecule has 0 unspecified atom stereocenters. The van der Waals surface area contributed by atoms with Gasteiger partial charge in [0.1, 0.15) is 0 Å². The zero-order valence-corrected chi connectivity index (χ0v) is 14.1. The molecule has 6 heteroatoms. The number of aromatic nitrogens is 2. The molecule has 0 amide bonds. The number of thioether (sulfide) groups is 1. The Labute approximate surface area is 143 Å². The summed E-state index contributed by atoms with van der Waals surface area (Å²) >= 11 is 3.19. The molecular formula is C17H14N4S2. The molecule has 0 spiro atoms. The number of nitrogens with one attached hydrogen (secondary N) is 1. The number of aryl methyl sites for hydroxylation is 1. The van der Waals surface area contributed by atoms with Crippen molar-refractivity contribution in [2.75, 3.05) is 5.32 Å². The Hall–Kier alpha value is -2.36. The van der Waals surface area contributed by atoms with Crippen LogP contribution in [0.25, 0.3) is 0 Å². The molecule has 1 N–H and O–H groups in total. The van der Waals surface area contributed by atoms with Crippen molar-refractivity contribution in [3.8, 4) is 6.07 Å². The van der Waals surface area contributed by atoms with Crippen LogP contribution in [0.15, 0.2) is 52.9 Å². The van der Waals surface area contributed by atoms with Gasteiger partial charge in [0.25, 0.3) is 0 Å². The average Bonchev–Trinajstić information content (AvgIpc) is 3.03. The largest absolute Gasteiger partial charge is 0.330 e. The fourth-order valence-corrected chi connectivity index (χ4v) is 3.69. The predicted molar refractivity (Wildman–Crippen MR) is 95.1 cm³/mol. The van der Waals surface area contributed by atoms with E-state index in [1.54, 1.807) is 23.1 Å². The topological polar surface area (TPSA) is 61.6 Å². The summed E-state index contributed by atoms with van der Waals surface area (Å²) in [5.74, 6) is 0.810. The van der Waals surface area contributed by atoms with Gasteiger partial charge >= 0.3 is 0 Å². The Balaban J connectivity index is 1.61. The van der Waals surface area contributed by atoms with Gasteiger partial charge in [0.05, 0.1) is 11.6 Å². The molecule has 23 heavy (non-hydrogen) atoms. The molecule has 2 aromatic carbocycles. The van der Waals surface area contributed by atoms with Gasteiger partial charge in [0, 0.05) is 11.4 Å². The molecule has 0 fully saturated rings. The van der Waals surface area contributed by atoms with E-state index in [2.05, 4.69) is 34.6 Å². The van der Waals surface area contributed by atoms with Crippen LogP contribution < -0.4 is 5.32 Å². The Morgan fingerprint density at radius 3 is 2.65 bits per heavy atom. The van der Waals surface area contributed by atoms with Gasteiger partial charge in [0.2, 0.25) is 5.13 Å². The quantitative estimate of drug-likeness (QED) is 0.680. The van der Waals surface area contributed by atoms with E-state index < -0.39 is 0 Å². The van der Waals surface area contributed by atoms with Crippen LogP contribution in [0.4, 0.5) is 10.8 Å². The lowest BCUT2D eigenvalue weighted by Crippen LogP contribution is -1.91. The van der Waals surface area contributed by atoms with Crippen LogP contribution in [-0.2, 0) is 5.75 Å². The Morgan fingerprint density at radius 2 is 1.91 bits per heavy atom. The first-order valence-corrected chi connectivity index (χ1v) is 8.83.